The first-order valence-corrected chi connectivity index (χ1v) is 11.2. The van der Waals surface area contributed by atoms with Gasteiger partial charge < -0.3 is 9.73 Å². The highest BCUT2D eigenvalue weighted by Gasteiger charge is 2.39. The molecule has 3 amide bonds. The Morgan fingerprint density at radius 1 is 1.06 bits per heavy atom. The molecule has 0 saturated carbocycles. The number of ketones is 1. The number of carbonyl (C=O) groups excluding carboxylic acids is 3. The van der Waals surface area contributed by atoms with Crippen LogP contribution in [0.15, 0.2) is 70.3 Å². The smallest absolute Gasteiger partial charge is 0.324 e. The lowest BCUT2D eigenvalue weighted by atomic mass is 9.93. The molecule has 8 nitrogen and oxygen atoms in total. The average Bonchev–Trinajstić information content (AvgIpc) is 3.26. The van der Waals surface area contributed by atoms with E-state index in [4.69, 9.17) is 4.42 Å². The third-order valence-corrected chi connectivity index (χ3v) is 6.05. The summed E-state index contributed by atoms with van der Waals surface area (Å²) in [5.74, 6) is -0.380. The van der Waals surface area contributed by atoms with E-state index in [1.807, 2.05) is 48.5 Å². The molecule has 0 radical (unpaired) electrons. The number of nitrogens with zero attached hydrogens (tertiary/aromatic N) is 3. The van der Waals surface area contributed by atoms with Crippen LogP contribution in [0.1, 0.15) is 28.7 Å². The summed E-state index contributed by atoms with van der Waals surface area (Å²) in [6.45, 7) is 1.98. The topological polar surface area (TPSA) is 105 Å². The van der Waals surface area contributed by atoms with E-state index in [-0.39, 0.29) is 41.7 Å². The molecule has 0 aliphatic carbocycles. The fraction of sp³-hybridized carbons (Fsp3) is 0.261. The zero-order valence-electron chi connectivity index (χ0n) is 17.4. The minimum atomic E-state index is -0.527. The number of Topliss-reactive ketones (excluding diaryl/α,β-unsaturated/α-hetero) is 1. The number of thioether (sulfide) groups is 1. The summed E-state index contributed by atoms with van der Waals surface area (Å²) in [4.78, 5) is 38.9. The van der Waals surface area contributed by atoms with Gasteiger partial charge in [0, 0.05) is 18.0 Å². The summed E-state index contributed by atoms with van der Waals surface area (Å²) in [5, 5.41) is 11.1. The normalized spacial score (nSPS) is 18.5. The van der Waals surface area contributed by atoms with Crippen LogP contribution in [0, 0.1) is 5.92 Å². The minimum absolute atomic E-state index is 0.0364. The number of amides is 3. The second-order valence-electron chi connectivity index (χ2n) is 7.50. The Bertz CT molecular complexity index is 1100. The summed E-state index contributed by atoms with van der Waals surface area (Å²) < 4.78 is 5.65. The monoisotopic (exact) mass is 450 g/mol. The minimum Gasteiger partial charge on any atom is -0.416 e. The zero-order valence-corrected chi connectivity index (χ0v) is 18.2. The predicted octanol–water partition coefficient (Wildman–Crippen LogP) is 3.34. The summed E-state index contributed by atoms with van der Waals surface area (Å²) in [5.41, 5.74) is 1.49. The van der Waals surface area contributed by atoms with E-state index < -0.39 is 11.9 Å². The van der Waals surface area contributed by atoms with Crippen LogP contribution in [-0.2, 0) is 17.8 Å². The lowest BCUT2D eigenvalue weighted by Gasteiger charge is -2.35. The first-order valence-electron chi connectivity index (χ1n) is 10.2. The number of benzene rings is 2. The van der Waals surface area contributed by atoms with Gasteiger partial charge in [0.25, 0.3) is 5.22 Å². The zero-order chi connectivity index (χ0) is 22.5. The van der Waals surface area contributed by atoms with Crippen molar-refractivity contribution >= 4 is 29.5 Å². The molecule has 1 N–H and O–H groups in total. The number of nitrogens with one attached hydrogen (secondary N) is 1. The summed E-state index contributed by atoms with van der Waals surface area (Å²) >= 11 is 1.16. The van der Waals surface area contributed by atoms with Crippen molar-refractivity contribution in [3.63, 3.8) is 0 Å². The first-order chi connectivity index (χ1) is 15.5. The molecule has 9 heteroatoms. The molecule has 3 aromatic rings. The van der Waals surface area contributed by atoms with Crippen LogP contribution < -0.4 is 5.32 Å². The van der Waals surface area contributed by atoms with E-state index in [1.165, 1.54) is 4.90 Å². The first kappa shape index (κ1) is 21.8. The van der Waals surface area contributed by atoms with Crippen molar-refractivity contribution in [2.24, 2.45) is 5.92 Å². The van der Waals surface area contributed by atoms with Crippen LogP contribution >= 0.6 is 11.8 Å². The van der Waals surface area contributed by atoms with E-state index in [0.29, 0.717) is 11.5 Å². The van der Waals surface area contributed by atoms with Crippen LogP contribution in [0.25, 0.3) is 0 Å². The highest BCUT2D eigenvalue weighted by molar-refractivity contribution is 7.99. The third kappa shape index (κ3) is 5.05. The number of hydrogen-bond acceptors (Lipinski definition) is 7. The Morgan fingerprint density at radius 2 is 1.75 bits per heavy atom. The molecular weight excluding hydrogens is 428 g/mol. The van der Waals surface area contributed by atoms with E-state index in [2.05, 4.69) is 15.5 Å². The fourth-order valence-electron chi connectivity index (χ4n) is 3.47. The number of urea groups is 1. The molecule has 2 aromatic carbocycles. The lowest BCUT2D eigenvalue weighted by Crippen LogP contribution is -2.59. The van der Waals surface area contributed by atoms with Crippen molar-refractivity contribution in [1.82, 2.24) is 20.4 Å². The molecule has 2 atom stereocenters. The molecule has 1 saturated heterocycles. The van der Waals surface area contributed by atoms with Crippen LogP contribution in [0.3, 0.4) is 0 Å². The van der Waals surface area contributed by atoms with Crippen molar-refractivity contribution in [2.75, 3.05) is 5.75 Å². The van der Waals surface area contributed by atoms with Gasteiger partial charge in [-0.3, -0.25) is 14.5 Å². The van der Waals surface area contributed by atoms with Gasteiger partial charge in [-0.25, -0.2) is 4.79 Å². The molecule has 32 heavy (non-hydrogen) atoms. The Morgan fingerprint density at radius 3 is 2.47 bits per heavy atom. The molecule has 1 aliphatic heterocycles. The van der Waals surface area contributed by atoms with Gasteiger partial charge in [-0.05, 0) is 12.5 Å². The van der Waals surface area contributed by atoms with Crippen molar-refractivity contribution < 1.29 is 18.8 Å². The molecular formula is C23H22N4O4S. The highest BCUT2D eigenvalue weighted by Crippen LogP contribution is 2.24. The standard InChI is InChI=1S/C23H22N4O4S/c1-15-18(21(29)27(22(30)24-15)13-16-8-4-2-5-9-16)12-20-25-26-23(31-20)32-14-19(28)17-10-6-3-7-11-17/h2-11,15,18H,12-14H2,1H3,(H,24,30). The lowest BCUT2D eigenvalue weighted by molar-refractivity contribution is -0.135. The average molecular weight is 451 g/mol. The summed E-state index contributed by atoms with van der Waals surface area (Å²) in [6, 6.07) is 17.5. The largest absolute Gasteiger partial charge is 0.416 e. The predicted molar refractivity (Wildman–Crippen MR) is 118 cm³/mol. The second-order valence-corrected chi connectivity index (χ2v) is 8.42. The van der Waals surface area contributed by atoms with Gasteiger partial charge in [0.05, 0.1) is 18.2 Å². The second kappa shape index (κ2) is 9.78. The maximum absolute atomic E-state index is 13.1. The quantitative estimate of drug-likeness (QED) is 0.414. The van der Waals surface area contributed by atoms with E-state index >= 15 is 0 Å². The van der Waals surface area contributed by atoms with E-state index in [0.717, 1.165) is 17.3 Å². The SMILES string of the molecule is CC1NC(=O)N(Cc2ccccc2)C(=O)C1Cc1nnc(SCC(=O)c2ccccc2)o1. The van der Waals surface area contributed by atoms with Gasteiger partial charge >= 0.3 is 6.03 Å². The Hall–Kier alpha value is -3.46. The molecule has 1 aliphatic rings. The van der Waals surface area contributed by atoms with Gasteiger partial charge in [-0.15, -0.1) is 10.2 Å². The van der Waals surface area contributed by atoms with Crippen LogP contribution in [0.4, 0.5) is 4.79 Å². The molecule has 164 valence electrons. The summed E-state index contributed by atoms with van der Waals surface area (Å²) in [7, 11) is 0. The molecule has 1 aromatic heterocycles. The Kier molecular flexibility index (Phi) is 6.65. The maximum atomic E-state index is 13.1. The number of imide groups is 1. The molecule has 4 rings (SSSR count). The van der Waals surface area contributed by atoms with Crippen molar-refractivity contribution in [3.05, 3.63) is 77.7 Å². The van der Waals surface area contributed by atoms with E-state index in [9.17, 15) is 14.4 Å². The molecule has 1 fully saturated rings. The highest BCUT2D eigenvalue weighted by atomic mass is 32.2. The number of aromatic nitrogens is 2. The van der Waals surface area contributed by atoms with E-state index in [1.54, 1.807) is 19.1 Å². The molecule has 2 unspecified atom stereocenters. The number of rotatable bonds is 8. The van der Waals surface area contributed by atoms with Crippen molar-refractivity contribution in [3.8, 4) is 0 Å². The molecule has 0 bridgehead atoms. The molecule has 0 spiro atoms. The van der Waals surface area contributed by atoms with Crippen LogP contribution in [0.2, 0.25) is 0 Å². The maximum Gasteiger partial charge on any atom is 0.324 e. The molecule has 2 heterocycles. The van der Waals surface area contributed by atoms with Crippen molar-refractivity contribution in [1.29, 1.82) is 0 Å². The van der Waals surface area contributed by atoms with Gasteiger partial charge in [0.1, 0.15) is 0 Å². The van der Waals surface area contributed by atoms with Gasteiger partial charge in [-0.1, -0.05) is 72.4 Å². The van der Waals surface area contributed by atoms with Gasteiger partial charge in [0.15, 0.2) is 5.78 Å². The summed E-state index contributed by atoms with van der Waals surface area (Å²) in [6.07, 6.45) is 0.200. The van der Waals surface area contributed by atoms with Gasteiger partial charge in [-0.2, -0.15) is 0 Å². The third-order valence-electron chi connectivity index (χ3n) is 5.23. The Labute approximate surface area is 189 Å². The van der Waals surface area contributed by atoms with Crippen molar-refractivity contribution in [2.45, 2.75) is 31.2 Å². The number of carbonyl (C=O) groups is 3. The van der Waals surface area contributed by atoms with Crippen LogP contribution in [-0.4, -0.2) is 44.6 Å². The Balaban J connectivity index is 1.38. The van der Waals surface area contributed by atoms with Crippen LogP contribution in [0.5, 0.6) is 0 Å². The fourth-order valence-corrected chi connectivity index (χ4v) is 4.14. The number of hydrogen-bond donors (Lipinski definition) is 1. The van der Waals surface area contributed by atoms with Gasteiger partial charge in [0.2, 0.25) is 11.8 Å².